The topological polar surface area (TPSA) is 51.5 Å². The number of halogens is 1. The fraction of sp³-hybridized carbons (Fsp3) is 0.400. The van der Waals surface area contributed by atoms with Crippen LogP contribution in [0.1, 0.15) is 10.5 Å². The molecule has 0 aromatic carbocycles. The molecular weight excluding hydrogens is 276 g/mol. The second-order valence-corrected chi connectivity index (χ2v) is 4.28. The molecule has 1 aromatic heterocycles. The molecule has 16 heavy (non-hydrogen) atoms. The Kier molecular flexibility index (Phi) is 3.11. The number of methoxy groups -OCH3 is 1. The van der Waals surface area contributed by atoms with Crippen molar-refractivity contribution in [3.63, 3.8) is 0 Å². The highest BCUT2D eigenvalue weighted by atomic mass is 79.9. The highest BCUT2D eigenvalue weighted by Crippen LogP contribution is 2.21. The third-order valence-electron chi connectivity index (χ3n) is 2.51. The van der Waals surface area contributed by atoms with Crippen molar-refractivity contribution in [1.82, 2.24) is 9.47 Å². The maximum atomic E-state index is 12.0. The van der Waals surface area contributed by atoms with Gasteiger partial charge in [0, 0.05) is 7.11 Å². The van der Waals surface area contributed by atoms with Gasteiger partial charge in [0.05, 0.1) is 17.8 Å². The van der Waals surface area contributed by atoms with Crippen molar-refractivity contribution in [2.45, 2.75) is 6.54 Å². The number of carbonyl (C=O) groups excluding carboxylic acids is 2. The lowest BCUT2D eigenvalue weighted by molar-refractivity contribution is -0.130. The molecule has 0 spiro atoms. The van der Waals surface area contributed by atoms with Gasteiger partial charge < -0.3 is 9.30 Å². The molecule has 1 aromatic rings. The lowest BCUT2D eigenvalue weighted by Crippen LogP contribution is -2.46. The fourth-order valence-corrected chi connectivity index (χ4v) is 2.12. The zero-order chi connectivity index (χ0) is 11.7. The maximum absolute atomic E-state index is 12.0. The predicted molar refractivity (Wildman–Crippen MR) is 60.1 cm³/mol. The van der Waals surface area contributed by atoms with Crippen LogP contribution in [-0.4, -0.2) is 41.5 Å². The number of rotatable bonds is 3. The molecule has 0 N–H and O–H groups in total. The van der Waals surface area contributed by atoms with Gasteiger partial charge in [-0.15, -0.1) is 0 Å². The molecule has 0 saturated heterocycles. The summed E-state index contributed by atoms with van der Waals surface area (Å²) in [7, 11) is 1.54. The number of aromatic nitrogens is 1. The monoisotopic (exact) mass is 286 g/mol. The Bertz CT molecular complexity index is 441. The summed E-state index contributed by atoms with van der Waals surface area (Å²) in [5, 5.41) is 0. The Morgan fingerprint density at radius 1 is 1.44 bits per heavy atom. The molecule has 0 aliphatic carbocycles. The molecule has 0 radical (unpaired) electrons. The third kappa shape index (κ3) is 1.78. The summed E-state index contributed by atoms with van der Waals surface area (Å²) in [4.78, 5) is 24.9. The summed E-state index contributed by atoms with van der Waals surface area (Å²) in [5.74, 6) is -0.467. The molecule has 0 bridgehead atoms. The van der Waals surface area contributed by atoms with Crippen molar-refractivity contribution in [2.75, 3.05) is 20.3 Å². The number of carbonyl (C=O) groups is 2. The van der Waals surface area contributed by atoms with Crippen LogP contribution in [0.25, 0.3) is 0 Å². The summed E-state index contributed by atoms with van der Waals surface area (Å²) in [6.45, 7) is 0.856. The van der Waals surface area contributed by atoms with E-state index in [1.165, 1.54) is 12.0 Å². The summed E-state index contributed by atoms with van der Waals surface area (Å²) in [5.41, 5.74) is 0.530. The number of hydrogen-bond donors (Lipinski definition) is 0. The molecule has 2 heterocycles. The van der Waals surface area contributed by atoms with Crippen LogP contribution in [0.4, 0.5) is 0 Å². The summed E-state index contributed by atoms with van der Waals surface area (Å²) in [6.07, 6.45) is 0. The maximum Gasteiger partial charge on any atom is 0.277 e. The number of ether oxygens (including phenoxy) is 1. The van der Waals surface area contributed by atoms with Crippen molar-refractivity contribution >= 4 is 27.7 Å². The first-order valence-electron chi connectivity index (χ1n) is 4.84. The SMILES string of the molecule is COCCN1C(=O)Cn2c(Br)ccc2C1=O. The van der Waals surface area contributed by atoms with Crippen molar-refractivity contribution < 1.29 is 14.3 Å². The molecule has 0 fully saturated rings. The van der Waals surface area contributed by atoms with E-state index < -0.39 is 0 Å². The van der Waals surface area contributed by atoms with E-state index in [9.17, 15) is 9.59 Å². The van der Waals surface area contributed by atoms with Crippen molar-refractivity contribution in [1.29, 1.82) is 0 Å². The Morgan fingerprint density at radius 2 is 2.19 bits per heavy atom. The molecule has 0 unspecified atom stereocenters. The molecule has 0 saturated carbocycles. The Morgan fingerprint density at radius 3 is 2.88 bits per heavy atom. The summed E-state index contributed by atoms with van der Waals surface area (Å²) in [6, 6.07) is 3.47. The number of fused-ring (bicyclic) bond motifs is 1. The van der Waals surface area contributed by atoms with E-state index in [4.69, 9.17) is 4.74 Å². The Balaban J connectivity index is 2.28. The fourth-order valence-electron chi connectivity index (χ4n) is 1.67. The van der Waals surface area contributed by atoms with E-state index in [1.807, 2.05) is 0 Å². The van der Waals surface area contributed by atoms with E-state index in [1.54, 1.807) is 16.7 Å². The molecule has 5 nitrogen and oxygen atoms in total. The molecule has 6 heteroatoms. The molecule has 0 atom stereocenters. The first-order chi connectivity index (χ1) is 7.65. The number of imide groups is 1. The van der Waals surface area contributed by atoms with Crippen LogP contribution in [-0.2, 0) is 16.1 Å². The molecule has 86 valence electrons. The lowest BCUT2D eigenvalue weighted by Gasteiger charge is -2.26. The average Bonchev–Trinajstić information content (AvgIpc) is 2.61. The van der Waals surface area contributed by atoms with Crippen LogP contribution in [0.3, 0.4) is 0 Å². The molecule has 1 aliphatic heterocycles. The standard InChI is InChI=1S/C10H11BrN2O3/c1-16-5-4-12-9(14)6-13-7(10(12)15)2-3-8(13)11/h2-3H,4-6H2,1H3. The second-order valence-electron chi connectivity index (χ2n) is 3.47. The number of nitrogens with zero attached hydrogens (tertiary/aromatic N) is 2. The van der Waals surface area contributed by atoms with Crippen molar-refractivity contribution in [2.24, 2.45) is 0 Å². The summed E-state index contributed by atoms with van der Waals surface area (Å²) >= 11 is 3.29. The third-order valence-corrected chi connectivity index (χ3v) is 3.20. The molecular formula is C10H11BrN2O3. The molecule has 2 amide bonds. The van der Waals surface area contributed by atoms with Gasteiger partial charge in [-0.3, -0.25) is 14.5 Å². The lowest BCUT2D eigenvalue weighted by atomic mass is 10.3. The van der Waals surface area contributed by atoms with Gasteiger partial charge in [-0.1, -0.05) is 0 Å². The van der Waals surface area contributed by atoms with Crippen LogP contribution in [0, 0.1) is 0 Å². The van der Waals surface area contributed by atoms with Crippen LogP contribution in [0.15, 0.2) is 16.7 Å². The highest BCUT2D eigenvalue weighted by Gasteiger charge is 2.31. The average molecular weight is 287 g/mol. The zero-order valence-corrected chi connectivity index (χ0v) is 10.4. The largest absolute Gasteiger partial charge is 0.383 e. The van der Waals surface area contributed by atoms with Crippen LogP contribution >= 0.6 is 15.9 Å². The molecule has 1 aliphatic rings. The van der Waals surface area contributed by atoms with Gasteiger partial charge in [0.1, 0.15) is 12.2 Å². The van der Waals surface area contributed by atoms with E-state index in [0.29, 0.717) is 18.8 Å². The van der Waals surface area contributed by atoms with Gasteiger partial charge in [-0.2, -0.15) is 0 Å². The Labute approximate surface area is 101 Å². The first-order valence-corrected chi connectivity index (χ1v) is 5.63. The van der Waals surface area contributed by atoms with Gasteiger partial charge in [-0.25, -0.2) is 0 Å². The quantitative estimate of drug-likeness (QED) is 0.775. The highest BCUT2D eigenvalue weighted by molar-refractivity contribution is 9.10. The van der Waals surface area contributed by atoms with Crippen LogP contribution in [0.2, 0.25) is 0 Å². The smallest absolute Gasteiger partial charge is 0.277 e. The van der Waals surface area contributed by atoms with Gasteiger partial charge in [0.25, 0.3) is 5.91 Å². The number of amides is 2. The van der Waals surface area contributed by atoms with E-state index in [0.717, 1.165) is 4.60 Å². The van der Waals surface area contributed by atoms with Gasteiger partial charge >= 0.3 is 0 Å². The molecule has 2 rings (SSSR count). The van der Waals surface area contributed by atoms with Crippen LogP contribution in [0.5, 0.6) is 0 Å². The number of hydrogen-bond acceptors (Lipinski definition) is 3. The van der Waals surface area contributed by atoms with Crippen molar-refractivity contribution in [3.8, 4) is 0 Å². The predicted octanol–water partition coefficient (Wildman–Crippen LogP) is 0.879. The van der Waals surface area contributed by atoms with Gasteiger partial charge in [-0.05, 0) is 28.1 Å². The Hall–Kier alpha value is -1.14. The van der Waals surface area contributed by atoms with Gasteiger partial charge in [0.15, 0.2) is 0 Å². The van der Waals surface area contributed by atoms with E-state index in [2.05, 4.69) is 15.9 Å². The minimum absolute atomic E-state index is 0.193. The van der Waals surface area contributed by atoms with Gasteiger partial charge in [0.2, 0.25) is 5.91 Å². The minimum Gasteiger partial charge on any atom is -0.383 e. The second kappa shape index (κ2) is 4.39. The minimum atomic E-state index is -0.265. The van der Waals surface area contributed by atoms with E-state index in [-0.39, 0.29) is 18.4 Å². The normalized spacial score (nSPS) is 15.5. The first kappa shape index (κ1) is 11.3. The van der Waals surface area contributed by atoms with E-state index >= 15 is 0 Å². The van der Waals surface area contributed by atoms with Crippen molar-refractivity contribution in [3.05, 3.63) is 22.4 Å². The summed E-state index contributed by atoms with van der Waals surface area (Å²) < 4.78 is 7.28. The zero-order valence-electron chi connectivity index (χ0n) is 8.77. The van der Waals surface area contributed by atoms with Crippen LogP contribution < -0.4 is 0 Å².